The fourth-order valence-electron chi connectivity index (χ4n) is 1.86. The van der Waals surface area contributed by atoms with Gasteiger partial charge < -0.3 is 9.52 Å². The van der Waals surface area contributed by atoms with Crippen molar-refractivity contribution in [1.29, 1.82) is 0 Å². The maximum Gasteiger partial charge on any atom is 0.371 e. The van der Waals surface area contributed by atoms with Gasteiger partial charge in [0.1, 0.15) is 0 Å². The minimum atomic E-state index is -1.19. The van der Waals surface area contributed by atoms with E-state index in [-0.39, 0.29) is 17.3 Å². The molecule has 5 heteroatoms. The minimum absolute atomic E-state index is 0.0425. The number of carboxylic acids is 1. The SMILES string of the molecule is O=C(O)c1ccc(C(=O)c2csc3ccccc23)o1. The van der Waals surface area contributed by atoms with Crippen molar-refractivity contribution in [2.45, 2.75) is 0 Å². The molecule has 1 N–H and O–H groups in total. The molecule has 4 nitrogen and oxygen atoms in total. The standard InChI is InChI=1S/C14H8O4S/c15-13(10-5-6-11(18-10)14(16)17)9-7-19-12-4-2-1-3-8(9)12/h1-7H,(H,16,17). The van der Waals surface area contributed by atoms with Crippen LogP contribution in [0.3, 0.4) is 0 Å². The van der Waals surface area contributed by atoms with Crippen LogP contribution in [-0.4, -0.2) is 16.9 Å². The second kappa shape index (κ2) is 4.37. The molecular weight excluding hydrogens is 264 g/mol. The molecule has 3 aromatic rings. The number of aromatic carboxylic acids is 1. The zero-order valence-electron chi connectivity index (χ0n) is 9.62. The number of thiophene rings is 1. The Morgan fingerprint density at radius 1 is 1.05 bits per heavy atom. The van der Waals surface area contributed by atoms with E-state index in [0.29, 0.717) is 5.56 Å². The van der Waals surface area contributed by atoms with Crippen LogP contribution in [-0.2, 0) is 0 Å². The number of carbonyl (C=O) groups excluding carboxylic acids is 1. The zero-order chi connectivity index (χ0) is 13.4. The normalized spacial score (nSPS) is 10.7. The van der Waals surface area contributed by atoms with Gasteiger partial charge in [-0.3, -0.25) is 4.79 Å². The van der Waals surface area contributed by atoms with E-state index in [1.165, 1.54) is 23.5 Å². The third kappa shape index (κ3) is 1.94. The first kappa shape index (κ1) is 11.7. The first-order chi connectivity index (χ1) is 9.16. The highest BCUT2D eigenvalue weighted by Gasteiger charge is 2.19. The molecule has 0 atom stereocenters. The molecule has 0 aliphatic rings. The second-order valence-electron chi connectivity index (χ2n) is 3.94. The van der Waals surface area contributed by atoms with Crippen LogP contribution in [0.15, 0.2) is 46.2 Å². The molecule has 2 aromatic heterocycles. The lowest BCUT2D eigenvalue weighted by atomic mass is 10.1. The molecule has 2 heterocycles. The van der Waals surface area contributed by atoms with E-state index in [0.717, 1.165) is 10.1 Å². The van der Waals surface area contributed by atoms with Crippen molar-refractivity contribution in [1.82, 2.24) is 0 Å². The topological polar surface area (TPSA) is 67.5 Å². The van der Waals surface area contributed by atoms with Gasteiger partial charge in [-0.15, -0.1) is 11.3 Å². The average Bonchev–Trinajstić information content (AvgIpc) is 3.05. The summed E-state index contributed by atoms with van der Waals surface area (Å²) in [7, 11) is 0. The molecule has 0 aliphatic carbocycles. The second-order valence-corrected chi connectivity index (χ2v) is 4.85. The van der Waals surface area contributed by atoms with Gasteiger partial charge in [0.25, 0.3) is 0 Å². The first-order valence-corrected chi connectivity index (χ1v) is 6.39. The van der Waals surface area contributed by atoms with Crippen molar-refractivity contribution >= 4 is 33.2 Å². The van der Waals surface area contributed by atoms with Crippen molar-refractivity contribution in [2.75, 3.05) is 0 Å². The van der Waals surface area contributed by atoms with Crippen LogP contribution in [0.25, 0.3) is 10.1 Å². The zero-order valence-corrected chi connectivity index (χ0v) is 10.4. The predicted molar refractivity (Wildman–Crippen MR) is 70.9 cm³/mol. The van der Waals surface area contributed by atoms with E-state index in [9.17, 15) is 9.59 Å². The number of carboxylic acid groups (broad SMARTS) is 1. The van der Waals surface area contributed by atoms with Gasteiger partial charge >= 0.3 is 5.97 Å². The Morgan fingerprint density at radius 3 is 2.53 bits per heavy atom. The minimum Gasteiger partial charge on any atom is -0.475 e. The molecule has 0 saturated heterocycles. The van der Waals surface area contributed by atoms with Crippen LogP contribution in [0, 0.1) is 0 Å². The number of furan rings is 1. The largest absolute Gasteiger partial charge is 0.475 e. The summed E-state index contributed by atoms with van der Waals surface area (Å²) in [4.78, 5) is 23.0. The van der Waals surface area contributed by atoms with Crippen LogP contribution >= 0.6 is 11.3 Å². The average molecular weight is 272 g/mol. The number of fused-ring (bicyclic) bond motifs is 1. The Bertz CT molecular complexity index is 781. The third-order valence-electron chi connectivity index (χ3n) is 2.77. The number of benzene rings is 1. The van der Waals surface area contributed by atoms with Gasteiger partial charge in [0.05, 0.1) is 0 Å². The summed E-state index contributed by atoms with van der Waals surface area (Å²) in [6.07, 6.45) is 0. The number of ketones is 1. The molecule has 0 radical (unpaired) electrons. The predicted octanol–water partition coefficient (Wildman–Crippen LogP) is 3.42. The molecule has 0 spiro atoms. The van der Waals surface area contributed by atoms with Gasteiger partial charge in [0, 0.05) is 21.0 Å². The summed E-state index contributed by atoms with van der Waals surface area (Å²) in [6.45, 7) is 0. The maximum atomic E-state index is 12.3. The molecular formula is C14H8O4S. The van der Waals surface area contributed by atoms with E-state index in [2.05, 4.69) is 0 Å². The summed E-state index contributed by atoms with van der Waals surface area (Å²) in [6, 6.07) is 10.2. The van der Waals surface area contributed by atoms with Gasteiger partial charge in [-0.1, -0.05) is 18.2 Å². The van der Waals surface area contributed by atoms with Gasteiger partial charge in [-0.05, 0) is 18.2 Å². The molecule has 94 valence electrons. The van der Waals surface area contributed by atoms with Crippen LogP contribution in [0.2, 0.25) is 0 Å². The van der Waals surface area contributed by atoms with Crippen LogP contribution in [0.5, 0.6) is 0 Å². The van der Waals surface area contributed by atoms with Crippen LogP contribution < -0.4 is 0 Å². The molecule has 0 bridgehead atoms. The van der Waals surface area contributed by atoms with Gasteiger partial charge in [-0.2, -0.15) is 0 Å². The van der Waals surface area contributed by atoms with Gasteiger partial charge in [0.15, 0.2) is 5.76 Å². The Balaban J connectivity index is 2.05. The fraction of sp³-hybridized carbons (Fsp3) is 0. The highest BCUT2D eigenvalue weighted by molar-refractivity contribution is 7.17. The van der Waals surface area contributed by atoms with E-state index >= 15 is 0 Å². The quantitative estimate of drug-likeness (QED) is 0.742. The number of hydrogen-bond donors (Lipinski definition) is 1. The van der Waals surface area contributed by atoms with Crippen molar-refractivity contribution in [3.05, 3.63) is 58.9 Å². The molecule has 1 aromatic carbocycles. The summed E-state index contributed by atoms with van der Waals surface area (Å²) in [5, 5.41) is 11.4. The molecule has 0 saturated carbocycles. The Morgan fingerprint density at radius 2 is 1.79 bits per heavy atom. The van der Waals surface area contributed by atoms with Crippen molar-refractivity contribution in [3.8, 4) is 0 Å². The molecule has 0 amide bonds. The summed E-state index contributed by atoms with van der Waals surface area (Å²) in [5.74, 6) is -1.68. The van der Waals surface area contributed by atoms with E-state index in [1.54, 1.807) is 5.38 Å². The van der Waals surface area contributed by atoms with Gasteiger partial charge in [-0.25, -0.2) is 4.79 Å². The van der Waals surface area contributed by atoms with E-state index in [1.807, 2.05) is 24.3 Å². The smallest absolute Gasteiger partial charge is 0.371 e. The van der Waals surface area contributed by atoms with Crippen molar-refractivity contribution in [2.24, 2.45) is 0 Å². The molecule has 0 fully saturated rings. The third-order valence-corrected chi connectivity index (χ3v) is 3.73. The Kier molecular flexibility index (Phi) is 2.68. The lowest BCUT2D eigenvalue weighted by molar-refractivity contribution is 0.0660. The van der Waals surface area contributed by atoms with E-state index < -0.39 is 5.97 Å². The van der Waals surface area contributed by atoms with Gasteiger partial charge in [0.2, 0.25) is 11.5 Å². The number of hydrogen-bond acceptors (Lipinski definition) is 4. The first-order valence-electron chi connectivity index (χ1n) is 5.51. The number of carbonyl (C=O) groups is 2. The highest BCUT2D eigenvalue weighted by Crippen LogP contribution is 2.28. The summed E-state index contributed by atoms with van der Waals surface area (Å²) in [5.41, 5.74) is 0.534. The monoisotopic (exact) mass is 272 g/mol. The Labute approximate surface area is 111 Å². The van der Waals surface area contributed by atoms with Crippen molar-refractivity contribution < 1.29 is 19.1 Å². The van der Waals surface area contributed by atoms with E-state index in [4.69, 9.17) is 9.52 Å². The fourth-order valence-corrected chi connectivity index (χ4v) is 2.80. The lowest BCUT2D eigenvalue weighted by Gasteiger charge is -1.95. The lowest BCUT2D eigenvalue weighted by Crippen LogP contribution is -1.99. The maximum absolute atomic E-state index is 12.3. The number of rotatable bonds is 3. The van der Waals surface area contributed by atoms with Crippen LogP contribution in [0.4, 0.5) is 0 Å². The Hall–Kier alpha value is -2.40. The molecule has 3 rings (SSSR count). The summed E-state index contributed by atoms with van der Waals surface area (Å²) >= 11 is 1.47. The molecule has 0 unspecified atom stereocenters. The van der Waals surface area contributed by atoms with Crippen molar-refractivity contribution in [3.63, 3.8) is 0 Å². The molecule has 19 heavy (non-hydrogen) atoms. The van der Waals surface area contributed by atoms with Crippen LogP contribution in [0.1, 0.15) is 26.7 Å². The summed E-state index contributed by atoms with van der Waals surface area (Å²) < 4.78 is 6.05. The highest BCUT2D eigenvalue weighted by atomic mass is 32.1. The molecule has 0 aliphatic heterocycles.